The molecule has 0 aliphatic carbocycles. The van der Waals surface area contributed by atoms with Crippen molar-refractivity contribution < 1.29 is 12.9 Å². The molecule has 166 valence electrons. The summed E-state index contributed by atoms with van der Waals surface area (Å²) in [4.78, 5) is 6.82. The van der Waals surface area contributed by atoms with Crippen molar-refractivity contribution in [1.82, 2.24) is 34.3 Å². The number of rotatable bonds is 7. The second-order valence-corrected chi connectivity index (χ2v) is 9.13. The molecule has 12 heteroatoms. The maximum atomic E-state index is 12.6. The van der Waals surface area contributed by atoms with Crippen LogP contribution in [0.2, 0.25) is 0 Å². The standard InChI is InChI=1S/C19H26N8O3S/c1-2-20-19(21-8-6-18-23-22-17-5-3-4-9-27(17)18)25-10-12-26(13-11-25)31(28,29)15-16-7-14-30-24-16/h3-5,7,9,14H,2,6,8,10-13,15H2,1H3,(H,20,21). The van der Waals surface area contributed by atoms with Gasteiger partial charge in [-0.2, -0.15) is 4.31 Å². The number of aromatic nitrogens is 4. The number of hydrogen-bond donors (Lipinski definition) is 1. The van der Waals surface area contributed by atoms with Gasteiger partial charge in [0, 0.05) is 58.0 Å². The first-order chi connectivity index (χ1) is 15.1. The fourth-order valence-electron chi connectivity index (χ4n) is 3.52. The molecule has 4 rings (SSSR count). The number of nitrogens with one attached hydrogen (secondary N) is 1. The first-order valence-corrected chi connectivity index (χ1v) is 11.9. The summed E-state index contributed by atoms with van der Waals surface area (Å²) in [6, 6.07) is 7.37. The van der Waals surface area contributed by atoms with E-state index in [1.165, 1.54) is 10.6 Å². The van der Waals surface area contributed by atoms with Crippen molar-refractivity contribution in [2.75, 3.05) is 39.3 Å². The second-order valence-electron chi connectivity index (χ2n) is 7.16. The quantitative estimate of drug-likeness (QED) is 0.408. The molecule has 0 atom stereocenters. The third kappa shape index (κ3) is 5.02. The zero-order valence-electron chi connectivity index (χ0n) is 17.4. The summed E-state index contributed by atoms with van der Waals surface area (Å²) < 4.78 is 33.5. The highest BCUT2D eigenvalue weighted by Crippen LogP contribution is 2.13. The molecule has 0 saturated carbocycles. The highest BCUT2D eigenvalue weighted by Gasteiger charge is 2.29. The Morgan fingerprint density at radius 3 is 2.77 bits per heavy atom. The van der Waals surface area contributed by atoms with Crippen LogP contribution < -0.4 is 5.32 Å². The number of nitrogens with zero attached hydrogens (tertiary/aromatic N) is 7. The molecule has 1 saturated heterocycles. The molecule has 0 unspecified atom stereocenters. The molecule has 1 N–H and O–H groups in total. The van der Waals surface area contributed by atoms with E-state index in [1.54, 1.807) is 6.07 Å². The van der Waals surface area contributed by atoms with Gasteiger partial charge in [-0.15, -0.1) is 10.2 Å². The maximum Gasteiger partial charge on any atom is 0.220 e. The smallest absolute Gasteiger partial charge is 0.220 e. The van der Waals surface area contributed by atoms with Gasteiger partial charge < -0.3 is 14.7 Å². The van der Waals surface area contributed by atoms with E-state index in [0.717, 1.165) is 24.0 Å². The van der Waals surface area contributed by atoms with Gasteiger partial charge in [-0.25, -0.2) is 8.42 Å². The van der Waals surface area contributed by atoms with Crippen molar-refractivity contribution >= 4 is 21.6 Å². The molecule has 3 aromatic heterocycles. The molecular weight excluding hydrogens is 420 g/mol. The minimum Gasteiger partial charge on any atom is -0.364 e. The third-order valence-electron chi connectivity index (χ3n) is 5.07. The summed E-state index contributed by atoms with van der Waals surface area (Å²) in [5.41, 5.74) is 1.23. The summed E-state index contributed by atoms with van der Waals surface area (Å²) in [6.07, 6.45) is 3.98. The fourth-order valence-corrected chi connectivity index (χ4v) is 4.94. The molecule has 0 aromatic carbocycles. The first-order valence-electron chi connectivity index (χ1n) is 10.3. The van der Waals surface area contributed by atoms with Crippen molar-refractivity contribution in [1.29, 1.82) is 0 Å². The fraction of sp³-hybridized carbons (Fsp3) is 0.474. The number of piperazine rings is 1. The molecule has 0 bridgehead atoms. The molecule has 1 aliphatic rings. The van der Waals surface area contributed by atoms with E-state index in [9.17, 15) is 8.42 Å². The Kier molecular flexibility index (Phi) is 6.47. The molecule has 0 spiro atoms. The van der Waals surface area contributed by atoms with E-state index in [0.29, 0.717) is 44.8 Å². The van der Waals surface area contributed by atoms with Crippen LogP contribution in [-0.2, 0) is 22.2 Å². The van der Waals surface area contributed by atoms with Crippen LogP contribution >= 0.6 is 0 Å². The minimum atomic E-state index is -3.43. The Hall–Kier alpha value is -2.99. The van der Waals surface area contributed by atoms with E-state index in [-0.39, 0.29) is 5.75 Å². The van der Waals surface area contributed by atoms with Crippen LogP contribution in [0.25, 0.3) is 5.65 Å². The van der Waals surface area contributed by atoms with Gasteiger partial charge in [-0.1, -0.05) is 11.2 Å². The van der Waals surface area contributed by atoms with Gasteiger partial charge in [0.2, 0.25) is 10.0 Å². The van der Waals surface area contributed by atoms with Gasteiger partial charge in [0.05, 0.1) is 5.69 Å². The largest absolute Gasteiger partial charge is 0.364 e. The second kappa shape index (κ2) is 9.43. The van der Waals surface area contributed by atoms with Crippen molar-refractivity contribution in [3.8, 4) is 0 Å². The molecule has 11 nitrogen and oxygen atoms in total. The van der Waals surface area contributed by atoms with Gasteiger partial charge >= 0.3 is 0 Å². The summed E-state index contributed by atoms with van der Waals surface area (Å²) in [5.74, 6) is 1.49. The van der Waals surface area contributed by atoms with Gasteiger partial charge in [-0.3, -0.25) is 9.39 Å². The van der Waals surface area contributed by atoms with Crippen molar-refractivity contribution in [3.05, 3.63) is 48.2 Å². The molecule has 0 radical (unpaired) electrons. The van der Waals surface area contributed by atoms with Gasteiger partial charge in [0.25, 0.3) is 0 Å². The lowest BCUT2D eigenvalue weighted by Gasteiger charge is -2.35. The minimum absolute atomic E-state index is 0.149. The van der Waals surface area contributed by atoms with Crippen molar-refractivity contribution in [2.24, 2.45) is 4.99 Å². The summed E-state index contributed by atoms with van der Waals surface area (Å²) in [5, 5.41) is 15.4. The Morgan fingerprint density at radius 1 is 1.19 bits per heavy atom. The van der Waals surface area contributed by atoms with E-state index in [4.69, 9.17) is 9.52 Å². The van der Waals surface area contributed by atoms with Crippen LogP contribution in [0, 0.1) is 0 Å². The topological polar surface area (TPSA) is 121 Å². The van der Waals surface area contributed by atoms with Crippen molar-refractivity contribution in [2.45, 2.75) is 19.1 Å². The van der Waals surface area contributed by atoms with Crippen LogP contribution in [-0.4, -0.2) is 82.6 Å². The number of guanidine groups is 1. The van der Waals surface area contributed by atoms with Crippen LogP contribution in [0.4, 0.5) is 0 Å². The monoisotopic (exact) mass is 446 g/mol. The average molecular weight is 447 g/mol. The summed E-state index contributed by atoms with van der Waals surface area (Å²) in [6.45, 7) is 5.24. The molecule has 3 aromatic rings. The summed E-state index contributed by atoms with van der Waals surface area (Å²) in [7, 11) is -3.43. The Bertz CT molecular complexity index is 1120. The zero-order chi connectivity index (χ0) is 21.7. The number of pyridine rings is 1. The first kappa shape index (κ1) is 21.2. The van der Waals surface area contributed by atoms with Gasteiger partial charge in [0.15, 0.2) is 11.6 Å². The molecule has 1 fully saturated rings. The molecule has 1 aliphatic heterocycles. The Labute approximate surface area is 180 Å². The third-order valence-corrected chi connectivity index (χ3v) is 6.88. The highest BCUT2D eigenvalue weighted by atomic mass is 32.2. The van der Waals surface area contributed by atoms with Gasteiger partial charge in [0.1, 0.15) is 17.8 Å². The van der Waals surface area contributed by atoms with Crippen LogP contribution in [0.15, 0.2) is 46.2 Å². The maximum absolute atomic E-state index is 12.6. The van der Waals surface area contributed by atoms with E-state index < -0.39 is 10.0 Å². The lowest BCUT2D eigenvalue weighted by atomic mass is 10.3. The van der Waals surface area contributed by atoms with E-state index >= 15 is 0 Å². The zero-order valence-corrected chi connectivity index (χ0v) is 18.2. The SMILES string of the molecule is CCNC(=NCCc1nnc2ccccn12)N1CCN(S(=O)(=O)Cc2ccon2)CC1. The number of hydrogen-bond acceptors (Lipinski definition) is 7. The van der Waals surface area contributed by atoms with E-state index in [1.807, 2.05) is 35.7 Å². The predicted molar refractivity (Wildman–Crippen MR) is 115 cm³/mol. The predicted octanol–water partition coefficient (Wildman–Crippen LogP) is 0.373. The van der Waals surface area contributed by atoms with Crippen LogP contribution in [0.1, 0.15) is 18.4 Å². The number of sulfonamides is 1. The molecule has 31 heavy (non-hydrogen) atoms. The van der Waals surface area contributed by atoms with Crippen LogP contribution in [0.3, 0.4) is 0 Å². The summed E-state index contributed by atoms with van der Waals surface area (Å²) >= 11 is 0. The number of aliphatic imine (C=N–C) groups is 1. The van der Waals surface area contributed by atoms with Crippen LogP contribution in [0.5, 0.6) is 0 Å². The molecular formula is C19H26N8O3S. The lowest BCUT2D eigenvalue weighted by Crippen LogP contribution is -2.54. The van der Waals surface area contributed by atoms with Crippen molar-refractivity contribution in [3.63, 3.8) is 0 Å². The Balaban J connectivity index is 1.35. The Morgan fingerprint density at radius 2 is 2.03 bits per heavy atom. The average Bonchev–Trinajstić information content (AvgIpc) is 3.43. The highest BCUT2D eigenvalue weighted by molar-refractivity contribution is 7.88. The normalized spacial score (nSPS) is 16.2. The molecule has 4 heterocycles. The van der Waals surface area contributed by atoms with E-state index in [2.05, 4.69) is 25.6 Å². The van der Waals surface area contributed by atoms with Gasteiger partial charge in [-0.05, 0) is 19.1 Å². The molecule has 0 amide bonds. The lowest BCUT2D eigenvalue weighted by molar-refractivity contribution is 0.260. The number of fused-ring (bicyclic) bond motifs is 1.